The average Bonchev–Trinajstić information content (AvgIpc) is 2.80. The smallest absolute Gasteiger partial charge is 0.231 e. The summed E-state index contributed by atoms with van der Waals surface area (Å²) >= 11 is 0. The first kappa shape index (κ1) is 13.8. The Kier molecular flexibility index (Phi) is 4.04. The molecule has 1 saturated heterocycles. The molecule has 7 heteroatoms. The number of nitrogen functional groups attached to an aromatic ring is 1. The molecule has 0 unspecified atom stereocenters. The van der Waals surface area contributed by atoms with E-state index < -0.39 is 0 Å². The van der Waals surface area contributed by atoms with Crippen LogP contribution in [-0.4, -0.2) is 47.3 Å². The van der Waals surface area contributed by atoms with Crippen LogP contribution < -0.4 is 16.0 Å². The molecule has 1 aromatic rings. The van der Waals surface area contributed by atoms with Gasteiger partial charge in [-0.05, 0) is 26.7 Å². The first-order chi connectivity index (χ1) is 9.00. The number of methoxy groups -OCH3 is 1. The van der Waals surface area contributed by atoms with E-state index in [1.807, 2.05) is 13.8 Å². The lowest BCUT2D eigenvalue weighted by Crippen LogP contribution is -2.37. The molecule has 0 bridgehead atoms. The van der Waals surface area contributed by atoms with E-state index >= 15 is 0 Å². The topological polar surface area (TPSA) is 89.2 Å². The van der Waals surface area contributed by atoms with Crippen molar-refractivity contribution in [1.82, 2.24) is 15.0 Å². The number of aromatic nitrogens is 3. The third-order valence-electron chi connectivity index (χ3n) is 2.99. The van der Waals surface area contributed by atoms with Crippen molar-refractivity contribution in [1.29, 1.82) is 0 Å². The number of nitrogens with one attached hydrogen (secondary N) is 1. The SMILES string of the molecule is COCC(C)(C)Nc1nc(N)nc(N2CCCC2)n1. The second-order valence-electron chi connectivity index (χ2n) is 5.45. The van der Waals surface area contributed by atoms with Gasteiger partial charge in [0, 0.05) is 20.2 Å². The van der Waals surface area contributed by atoms with Gasteiger partial charge in [0.15, 0.2) is 0 Å². The minimum atomic E-state index is -0.259. The molecule has 1 aliphatic rings. The Bertz CT molecular complexity index is 430. The highest BCUT2D eigenvalue weighted by molar-refractivity contribution is 5.43. The monoisotopic (exact) mass is 266 g/mol. The first-order valence-electron chi connectivity index (χ1n) is 6.54. The van der Waals surface area contributed by atoms with Gasteiger partial charge in [0.05, 0.1) is 12.1 Å². The van der Waals surface area contributed by atoms with Gasteiger partial charge in [0.25, 0.3) is 0 Å². The largest absolute Gasteiger partial charge is 0.382 e. The number of nitrogens with zero attached hydrogens (tertiary/aromatic N) is 4. The summed E-state index contributed by atoms with van der Waals surface area (Å²) in [5.41, 5.74) is 5.50. The van der Waals surface area contributed by atoms with E-state index in [0.29, 0.717) is 18.5 Å². The Balaban J connectivity index is 2.16. The van der Waals surface area contributed by atoms with Crippen molar-refractivity contribution >= 4 is 17.8 Å². The minimum absolute atomic E-state index is 0.243. The molecule has 0 atom stereocenters. The zero-order chi connectivity index (χ0) is 13.9. The van der Waals surface area contributed by atoms with Crippen LogP contribution in [-0.2, 0) is 4.74 Å². The molecule has 2 rings (SSSR count). The fourth-order valence-corrected chi connectivity index (χ4v) is 2.19. The number of nitrogens with two attached hydrogens (primary N) is 1. The summed E-state index contributed by atoms with van der Waals surface area (Å²) in [7, 11) is 1.67. The summed E-state index contributed by atoms with van der Waals surface area (Å²) in [4.78, 5) is 14.9. The Morgan fingerprint density at radius 3 is 2.58 bits per heavy atom. The Labute approximate surface area is 113 Å². The van der Waals surface area contributed by atoms with E-state index in [9.17, 15) is 0 Å². The zero-order valence-corrected chi connectivity index (χ0v) is 11.8. The summed E-state index contributed by atoms with van der Waals surface area (Å²) in [6, 6.07) is 0. The maximum atomic E-state index is 5.76. The molecule has 1 aliphatic heterocycles. The van der Waals surface area contributed by atoms with Gasteiger partial charge in [0.2, 0.25) is 17.8 Å². The third-order valence-corrected chi connectivity index (χ3v) is 2.99. The van der Waals surface area contributed by atoms with E-state index in [2.05, 4.69) is 25.2 Å². The van der Waals surface area contributed by atoms with Crippen LogP contribution in [0.5, 0.6) is 0 Å². The summed E-state index contributed by atoms with van der Waals surface area (Å²) in [5, 5.41) is 3.23. The second kappa shape index (κ2) is 5.56. The second-order valence-corrected chi connectivity index (χ2v) is 5.45. The summed E-state index contributed by atoms with van der Waals surface area (Å²) in [6.07, 6.45) is 2.34. The van der Waals surface area contributed by atoms with E-state index in [0.717, 1.165) is 13.1 Å². The number of hydrogen-bond acceptors (Lipinski definition) is 7. The fraction of sp³-hybridized carbons (Fsp3) is 0.750. The zero-order valence-electron chi connectivity index (χ0n) is 11.8. The van der Waals surface area contributed by atoms with Crippen molar-refractivity contribution in [2.45, 2.75) is 32.2 Å². The third kappa shape index (κ3) is 3.66. The van der Waals surface area contributed by atoms with Gasteiger partial charge >= 0.3 is 0 Å². The summed E-state index contributed by atoms with van der Waals surface area (Å²) in [5.74, 6) is 1.39. The molecule has 0 spiro atoms. The van der Waals surface area contributed by atoms with Crippen molar-refractivity contribution in [2.24, 2.45) is 0 Å². The summed E-state index contributed by atoms with van der Waals surface area (Å²) < 4.78 is 5.16. The Morgan fingerprint density at radius 2 is 1.95 bits per heavy atom. The number of rotatable bonds is 5. The molecule has 0 aliphatic carbocycles. The lowest BCUT2D eigenvalue weighted by atomic mass is 10.1. The predicted octanol–water partition coefficient (Wildman–Crippen LogP) is 0.891. The molecule has 3 N–H and O–H groups in total. The molecule has 1 aromatic heterocycles. The fourth-order valence-electron chi connectivity index (χ4n) is 2.19. The average molecular weight is 266 g/mol. The van der Waals surface area contributed by atoms with Crippen molar-refractivity contribution in [3.05, 3.63) is 0 Å². The van der Waals surface area contributed by atoms with Crippen molar-refractivity contribution < 1.29 is 4.74 Å². The van der Waals surface area contributed by atoms with Gasteiger partial charge in [-0.1, -0.05) is 0 Å². The first-order valence-corrected chi connectivity index (χ1v) is 6.54. The van der Waals surface area contributed by atoms with Crippen LogP contribution in [0.25, 0.3) is 0 Å². The quantitative estimate of drug-likeness (QED) is 0.818. The molecular formula is C12H22N6O. The maximum absolute atomic E-state index is 5.76. The molecule has 106 valence electrons. The van der Waals surface area contributed by atoms with Crippen LogP contribution >= 0.6 is 0 Å². The molecule has 0 saturated carbocycles. The van der Waals surface area contributed by atoms with E-state index in [-0.39, 0.29) is 11.5 Å². The molecule has 0 aromatic carbocycles. The maximum Gasteiger partial charge on any atom is 0.231 e. The van der Waals surface area contributed by atoms with Gasteiger partial charge in [-0.3, -0.25) is 0 Å². The molecule has 0 amide bonds. The lowest BCUT2D eigenvalue weighted by Gasteiger charge is -2.25. The predicted molar refractivity (Wildman–Crippen MR) is 75.3 cm³/mol. The highest BCUT2D eigenvalue weighted by atomic mass is 16.5. The highest BCUT2D eigenvalue weighted by Crippen LogP contribution is 2.19. The van der Waals surface area contributed by atoms with Crippen LogP contribution in [0.15, 0.2) is 0 Å². The molecule has 1 fully saturated rings. The van der Waals surface area contributed by atoms with E-state index in [4.69, 9.17) is 10.5 Å². The standard InChI is InChI=1S/C12H22N6O/c1-12(2,8-19-3)17-10-14-9(13)15-11(16-10)18-6-4-5-7-18/h4-8H2,1-3H3,(H3,13,14,15,16,17). The van der Waals surface area contributed by atoms with Gasteiger partial charge in [-0.25, -0.2) is 0 Å². The van der Waals surface area contributed by atoms with Crippen LogP contribution in [0.4, 0.5) is 17.8 Å². The van der Waals surface area contributed by atoms with Crippen molar-refractivity contribution in [3.63, 3.8) is 0 Å². The van der Waals surface area contributed by atoms with Crippen LogP contribution in [0.3, 0.4) is 0 Å². The lowest BCUT2D eigenvalue weighted by molar-refractivity contribution is 0.158. The van der Waals surface area contributed by atoms with Gasteiger partial charge < -0.3 is 20.7 Å². The molecule has 7 nitrogen and oxygen atoms in total. The summed E-state index contributed by atoms with van der Waals surface area (Å²) in [6.45, 7) is 6.55. The van der Waals surface area contributed by atoms with Gasteiger partial charge in [-0.2, -0.15) is 15.0 Å². The van der Waals surface area contributed by atoms with Crippen LogP contribution in [0.2, 0.25) is 0 Å². The molecule has 0 radical (unpaired) electrons. The number of ether oxygens (including phenoxy) is 1. The van der Waals surface area contributed by atoms with Crippen molar-refractivity contribution in [3.8, 4) is 0 Å². The normalized spacial score (nSPS) is 15.8. The molecule has 2 heterocycles. The highest BCUT2D eigenvalue weighted by Gasteiger charge is 2.21. The van der Waals surface area contributed by atoms with Gasteiger partial charge in [0.1, 0.15) is 0 Å². The molecular weight excluding hydrogens is 244 g/mol. The van der Waals surface area contributed by atoms with Crippen LogP contribution in [0.1, 0.15) is 26.7 Å². The van der Waals surface area contributed by atoms with E-state index in [1.165, 1.54) is 12.8 Å². The number of hydrogen-bond donors (Lipinski definition) is 2. The number of anilines is 3. The minimum Gasteiger partial charge on any atom is -0.382 e. The van der Waals surface area contributed by atoms with Crippen molar-refractivity contribution in [2.75, 3.05) is 42.8 Å². The Hall–Kier alpha value is -1.63. The molecule has 19 heavy (non-hydrogen) atoms. The van der Waals surface area contributed by atoms with Gasteiger partial charge in [-0.15, -0.1) is 0 Å². The van der Waals surface area contributed by atoms with E-state index in [1.54, 1.807) is 7.11 Å². The Morgan fingerprint density at radius 1 is 1.26 bits per heavy atom. The van der Waals surface area contributed by atoms with Crippen LogP contribution in [0, 0.1) is 0 Å².